The Balaban J connectivity index is 1.03. The average Bonchev–Trinajstić information content (AvgIpc) is 3.68. The van der Waals surface area contributed by atoms with Gasteiger partial charge in [-0.15, -0.1) is 0 Å². The van der Waals surface area contributed by atoms with Crippen molar-refractivity contribution in [3.05, 3.63) is 258 Å². The van der Waals surface area contributed by atoms with Gasteiger partial charge in [-0.1, -0.05) is 187 Å². The number of anilines is 4. The predicted octanol–water partition coefficient (Wildman–Crippen LogP) is 13.7. The molecule has 0 fully saturated rings. The largest absolute Gasteiger partial charge is 0.355 e. The first-order valence-electron chi connectivity index (χ1n) is 23.8. The number of benzene rings is 7. The van der Waals surface area contributed by atoms with Crippen molar-refractivity contribution in [1.29, 1.82) is 0 Å². The first-order chi connectivity index (χ1) is 33.0. The average molecular weight is 880 g/mol. The van der Waals surface area contributed by atoms with E-state index in [1.54, 1.807) is 0 Å². The molecule has 0 bridgehead atoms. The molecule has 324 valence electrons. The lowest BCUT2D eigenvalue weighted by Crippen LogP contribution is -2.68. The van der Waals surface area contributed by atoms with Crippen LogP contribution < -0.4 is 25.8 Å². The van der Waals surface area contributed by atoms with E-state index in [0.717, 1.165) is 30.6 Å². The van der Waals surface area contributed by atoms with Gasteiger partial charge >= 0.3 is 0 Å². The van der Waals surface area contributed by atoms with Crippen LogP contribution in [-0.2, 0) is 11.8 Å². The van der Waals surface area contributed by atoms with Gasteiger partial charge in [0.1, 0.15) is 0 Å². The molecule has 1 aliphatic heterocycles. The molecule has 8 aromatic rings. The van der Waals surface area contributed by atoms with Crippen molar-refractivity contribution in [2.45, 2.75) is 44.6 Å². The molecule has 12 rings (SSSR count). The van der Waals surface area contributed by atoms with E-state index in [2.05, 4.69) is 265 Å². The molecule has 2 heterocycles. The highest BCUT2D eigenvalue weighted by molar-refractivity contribution is 7.16. The van der Waals surface area contributed by atoms with Crippen LogP contribution in [0, 0.1) is 6.92 Å². The van der Waals surface area contributed by atoms with E-state index in [1.807, 2.05) is 0 Å². The minimum absolute atomic E-state index is 0.144. The first kappa shape index (κ1) is 40.8. The van der Waals surface area contributed by atoms with Gasteiger partial charge < -0.3 is 14.8 Å². The minimum atomic E-state index is -2.89. The monoisotopic (exact) mass is 879 g/mol. The second-order valence-corrected chi connectivity index (χ2v) is 22.5. The summed E-state index contributed by atoms with van der Waals surface area (Å²) < 4.78 is 2.54. The second-order valence-electron chi connectivity index (χ2n) is 18.6. The first-order valence-corrected chi connectivity index (χ1v) is 25.8. The number of hydrogen-bond donors (Lipinski definition) is 1. The molecule has 3 aliphatic carbocycles. The van der Waals surface area contributed by atoms with Crippen molar-refractivity contribution >= 4 is 63.4 Å². The summed E-state index contributed by atoms with van der Waals surface area (Å²) in [4.78, 5) is 2.62. The van der Waals surface area contributed by atoms with Gasteiger partial charge in [-0.25, -0.2) is 0 Å². The number of rotatable bonds is 9. The number of aromatic nitrogens is 1. The normalized spacial score (nSPS) is 18.8. The van der Waals surface area contributed by atoms with Gasteiger partial charge in [-0.2, -0.15) is 0 Å². The molecule has 1 N–H and O–H groups in total. The van der Waals surface area contributed by atoms with Crippen LogP contribution in [0.3, 0.4) is 0 Å². The maximum atomic E-state index is 3.91. The Morgan fingerprint density at radius 2 is 1.37 bits per heavy atom. The van der Waals surface area contributed by atoms with E-state index < -0.39 is 8.07 Å². The van der Waals surface area contributed by atoms with Gasteiger partial charge in [0.2, 0.25) is 0 Å². The molecule has 1 aromatic heterocycles. The third-order valence-electron chi connectivity index (χ3n) is 14.9. The Morgan fingerprint density at radius 3 is 2.21 bits per heavy atom. The molecule has 0 saturated heterocycles. The molecule has 67 heavy (non-hydrogen) atoms. The number of nitrogens with one attached hydrogen (secondary N) is 1. The molecule has 3 atom stereocenters. The van der Waals surface area contributed by atoms with Crippen LogP contribution in [0.2, 0.25) is 0 Å². The molecule has 7 aromatic carbocycles. The standard InChI is InChI=1S/C63H53N3Si/c1-45-22-13-14-31-53(45)54-32-15-17-34-57(54)64-46-23-21-30-52(44-46)67(50-28-11-6-12-29-50,49-26-9-3-4-10-27-49)51-39-37-48(38-40-51)65-58-35-18-16-33-55(58)61-59(65)42-41-56-62(61)66(47-24-7-5-8-25-47)60-36-19-20-43-63(56,60)2/h3-15,17-26,28-32,34-44,60,64H,16,27,33H2,1-2H3. The zero-order valence-corrected chi connectivity index (χ0v) is 39.1. The van der Waals surface area contributed by atoms with Gasteiger partial charge in [0, 0.05) is 44.8 Å². The summed E-state index contributed by atoms with van der Waals surface area (Å²) >= 11 is 0. The van der Waals surface area contributed by atoms with Crippen molar-refractivity contribution in [3.63, 3.8) is 0 Å². The van der Waals surface area contributed by atoms with Crippen molar-refractivity contribution in [2.75, 3.05) is 10.2 Å². The van der Waals surface area contributed by atoms with Gasteiger partial charge in [-0.05, 0) is 126 Å². The maximum absolute atomic E-state index is 3.91. The fourth-order valence-electron chi connectivity index (χ4n) is 11.8. The molecule has 3 unspecified atom stereocenters. The zero-order chi connectivity index (χ0) is 45.0. The number of fused-ring (bicyclic) bond motifs is 7. The molecule has 3 nitrogen and oxygen atoms in total. The highest BCUT2D eigenvalue weighted by Gasteiger charge is 2.48. The summed E-state index contributed by atoms with van der Waals surface area (Å²) in [5.41, 5.74) is 14.9. The zero-order valence-electron chi connectivity index (χ0n) is 38.1. The highest BCUT2D eigenvalue weighted by atomic mass is 28.3. The van der Waals surface area contributed by atoms with Crippen molar-refractivity contribution in [1.82, 2.24) is 4.57 Å². The quantitative estimate of drug-likeness (QED) is 0.115. The van der Waals surface area contributed by atoms with Crippen molar-refractivity contribution in [3.8, 4) is 16.8 Å². The fourth-order valence-corrected chi connectivity index (χ4v) is 16.7. The summed E-state index contributed by atoms with van der Waals surface area (Å²) in [7, 11) is -2.89. The van der Waals surface area contributed by atoms with E-state index >= 15 is 0 Å². The van der Waals surface area contributed by atoms with Gasteiger partial charge in [0.25, 0.3) is 0 Å². The van der Waals surface area contributed by atoms with Gasteiger partial charge in [0.15, 0.2) is 8.07 Å². The molecule has 0 radical (unpaired) electrons. The van der Waals surface area contributed by atoms with E-state index in [-0.39, 0.29) is 11.5 Å². The molecule has 0 spiro atoms. The number of nitrogens with zero attached hydrogens (tertiary/aromatic N) is 2. The lowest BCUT2D eigenvalue weighted by molar-refractivity contribution is 0.551. The van der Waals surface area contributed by atoms with Crippen LogP contribution in [0.5, 0.6) is 0 Å². The van der Waals surface area contributed by atoms with E-state index in [4.69, 9.17) is 0 Å². The van der Waals surface area contributed by atoms with E-state index in [0.29, 0.717) is 0 Å². The molecule has 4 aliphatic rings. The summed E-state index contributed by atoms with van der Waals surface area (Å²) in [6, 6.07) is 63.7. The number of aryl methyl sites for hydroxylation is 2. The van der Waals surface area contributed by atoms with Crippen molar-refractivity contribution < 1.29 is 0 Å². The molecular weight excluding hydrogens is 827 g/mol. The number of allylic oxidation sites excluding steroid dienone is 9. The summed E-state index contributed by atoms with van der Waals surface area (Å²) in [6.45, 7) is 4.61. The summed E-state index contributed by atoms with van der Waals surface area (Å²) in [5.74, 6) is 0. The highest BCUT2D eigenvalue weighted by Crippen LogP contribution is 2.55. The van der Waals surface area contributed by atoms with Crippen LogP contribution in [0.15, 0.2) is 236 Å². The number of hydrogen-bond acceptors (Lipinski definition) is 2. The van der Waals surface area contributed by atoms with Gasteiger partial charge in [-0.3, -0.25) is 0 Å². The Bertz CT molecular complexity index is 3380. The van der Waals surface area contributed by atoms with Crippen LogP contribution in [0.4, 0.5) is 22.7 Å². The lowest BCUT2D eigenvalue weighted by Gasteiger charge is -2.36. The van der Waals surface area contributed by atoms with E-state index in [1.165, 1.54) is 82.2 Å². The Morgan fingerprint density at radius 1 is 0.627 bits per heavy atom. The third kappa shape index (κ3) is 6.61. The van der Waals surface area contributed by atoms with Crippen LogP contribution >= 0.6 is 0 Å². The lowest BCUT2D eigenvalue weighted by atomic mass is 9.76. The predicted molar refractivity (Wildman–Crippen MR) is 287 cm³/mol. The maximum Gasteiger partial charge on any atom is 0.176 e. The van der Waals surface area contributed by atoms with Crippen LogP contribution in [-0.4, -0.2) is 18.7 Å². The summed E-state index contributed by atoms with van der Waals surface area (Å²) in [5, 5.41) is 10.8. The minimum Gasteiger partial charge on any atom is -0.355 e. The Hall–Kier alpha value is -7.66. The molecule has 0 saturated carbocycles. The van der Waals surface area contributed by atoms with E-state index in [9.17, 15) is 0 Å². The molecule has 0 amide bonds. The topological polar surface area (TPSA) is 20.2 Å². The SMILES string of the molecule is Cc1ccccc1-c1ccccc1Nc1cccc([Si](C2=CC=CC=CC2)(c2ccccc2)c2ccc(-n3c4c(c5c6c(ccc53)C3(C)C=CC=CC3N6c3ccccc3)CCC=C4)cc2)c1. The Kier molecular flexibility index (Phi) is 10.1. The second kappa shape index (κ2) is 16.6. The van der Waals surface area contributed by atoms with Crippen LogP contribution in [0.1, 0.15) is 42.1 Å². The van der Waals surface area contributed by atoms with Crippen LogP contribution in [0.25, 0.3) is 33.8 Å². The summed E-state index contributed by atoms with van der Waals surface area (Å²) in [6.07, 6.45) is 28.3. The van der Waals surface area contributed by atoms with Crippen molar-refractivity contribution in [2.24, 2.45) is 0 Å². The molecule has 4 heteroatoms. The smallest absolute Gasteiger partial charge is 0.176 e. The molecular formula is C63H53N3Si. The van der Waals surface area contributed by atoms with Gasteiger partial charge in [0.05, 0.1) is 17.2 Å². The third-order valence-corrected chi connectivity index (χ3v) is 19.8. The Labute approximate surface area is 395 Å². The number of para-hydroxylation sites is 2. The fraction of sp³-hybridized carbons (Fsp3) is 0.111.